The molecule has 0 amide bonds. The Labute approximate surface area is 152 Å². The molecule has 1 heterocycles. The highest BCUT2D eigenvalue weighted by molar-refractivity contribution is 5.79. The summed E-state index contributed by atoms with van der Waals surface area (Å²) < 4.78 is 29.6. The lowest BCUT2D eigenvalue weighted by atomic mass is 10.2. The van der Waals surface area contributed by atoms with Gasteiger partial charge >= 0.3 is 0 Å². The molecule has 0 atom stereocenters. The molecule has 1 aromatic carbocycles. The second-order valence-electron chi connectivity index (χ2n) is 5.24. The van der Waals surface area contributed by atoms with Crippen LogP contribution in [0.3, 0.4) is 0 Å². The second-order valence-corrected chi connectivity index (χ2v) is 5.24. The van der Waals surface area contributed by atoms with Gasteiger partial charge < -0.3 is 24.8 Å². The number of guanidine groups is 1. The zero-order valence-electron chi connectivity index (χ0n) is 15.3. The van der Waals surface area contributed by atoms with E-state index in [1.807, 2.05) is 12.1 Å². The molecule has 0 spiro atoms. The normalized spacial score (nSPS) is 11.0. The summed E-state index contributed by atoms with van der Waals surface area (Å²) in [5.41, 5.74) is 1.23. The highest BCUT2D eigenvalue weighted by Gasteiger charge is 2.13. The number of pyridine rings is 1. The Balaban J connectivity index is 2.03. The number of ether oxygens (including phenoxy) is 3. The van der Waals surface area contributed by atoms with Gasteiger partial charge in [0.25, 0.3) is 0 Å². The fourth-order valence-electron chi connectivity index (χ4n) is 2.36. The van der Waals surface area contributed by atoms with Crippen LogP contribution in [0.25, 0.3) is 0 Å². The van der Waals surface area contributed by atoms with Gasteiger partial charge in [0.2, 0.25) is 5.75 Å². The Morgan fingerprint density at radius 1 is 1.08 bits per heavy atom. The Bertz CT molecular complexity index is 743. The molecule has 0 unspecified atom stereocenters. The molecule has 0 aliphatic heterocycles. The average molecular weight is 362 g/mol. The monoisotopic (exact) mass is 362 g/mol. The van der Waals surface area contributed by atoms with Gasteiger partial charge in [-0.2, -0.15) is 0 Å². The molecule has 0 fully saturated rings. The summed E-state index contributed by atoms with van der Waals surface area (Å²) in [6.07, 6.45) is 1.55. The molecule has 0 aliphatic carbocycles. The highest BCUT2D eigenvalue weighted by atomic mass is 19.1. The lowest BCUT2D eigenvalue weighted by Crippen LogP contribution is -2.36. The maximum Gasteiger partial charge on any atom is 0.203 e. The van der Waals surface area contributed by atoms with Crippen molar-refractivity contribution in [2.75, 3.05) is 28.4 Å². The predicted octanol–water partition coefficient (Wildman–Crippen LogP) is 2.11. The molecule has 0 radical (unpaired) electrons. The van der Waals surface area contributed by atoms with Crippen LogP contribution in [0.1, 0.15) is 11.3 Å². The number of aromatic nitrogens is 1. The summed E-state index contributed by atoms with van der Waals surface area (Å²) in [5, 5.41) is 6.18. The zero-order chi connectivity index (χ0) is 18.9. The Hall–Kier alpha value is -3.03. The number of rotatable bonds is 7. The van der Waals surface area contributed by atoms with Gasteiger partial charge in [0.15, 0.2) is 17.5 Å². The van der Waals surface area contributed by atoms with Gasteiger partial charge in [-0.15, -0.1) is 0 Å². The summed E-state index contributed by atoms with van der Waals surface area (Å²) in [5.74, 6) is 1.83. The lowest BCUT2D eigenvalue weighted by molar-refractivity contribution is 0.323. The van der Waals surface area contributed by atoms with Gasteiger partial charge in [0, 0.05) is 19.8 Å². The van der Waals surface area contributed by atoms with E-state index in [1.54, 1.807) is 40.6 Å². The summed E-state index contributed by atoms with van der Waals surface area (Å²) in [7, 11) is 6.33. The number of nitrogens with one attached hydrogen (secondary N) is 2. The first-order valence-corrected chi connectivity index (χ1v) is 7.95. The van der Waals surface area contributed by atoms with Crippen LogP contribution in [-0.4, -0.2) is 39.3 Å². The molecule has 0 bridgehead atoms. The Morgan fingerprint density at radius 3 is 2.27 bits per heavy atom. The SMILES string of the molecule is CN=C(NCc1cc(OC)c(OC)c(OC)c1)NCc1ncccc1F. The van der Waals surface area contributed by atoms with Crippen molar-refractivity contribution in [3.8, 4) is 17.2 Å². The number of hydrogen-bond acceptors (Lipinski definition) is 5. The number of benzene rings is 1. The molecule has 0 aliphatic rings. The maximum absolute atomic E-state index is 13.6. The number of nitrogens with zero attached hydrogens (tertiary/aromatic N) is 2. The van der Waals surface area contributed by atoms with Crippen molar-refractivity contribution in [3.05, 3.63) is 47.5 Å². The van der Waals surface area contributed by atoms with Crippen molar-refractivity contribution in [2.24, 2.45) is 4.99 Å². The van der Waals surface area contributed by atoms with E-state index in [9.17, 15) is 4.39 Å². The third-order valence-corrected chi connectivity index (χ3v) is 3.67. The van der Waals surface area contributed by atoms with Gasteiger partial charge in [0.1, 0.15) is 5.82 Å². The topological polar surface area (TPSA) is 77.0 Å². The number of halogens is 1. The fraction of sp³-hybridized carbons (Fsp3) is 0.333. The first-order valence-electron chi connectivity index (χ1n) is 7.95. The number of aliphatic imine (C=N–C) groups is 1. The number of methoxy groups -OCH3 is 3. The molecule has 1 aromatic heterocycles. The quantitative estimate of drug-likeness (QED) is 0.580. The molecule has 2 rings (SSSR count). The molecular weight excluding hydrogens is 339 g/mol. The molecule has 2 N–H and O–H groups in total. The van der Waals surface area contributed by atoms with Crippen LogP contribution in [0.5, 0.6) is 17.2 Å². The second kappa shape index (κ2) is 9.45. The third kappa shape index (κ3) is 4.75. The van der Waals surface area contributed by atoms with Crippen molar-refractivity contribution in [3.63, 3.8) is 0 Å². The minimum Gasteiger partial charge on any atom is -0.493 e. The van der Waals surface area contributed by atoms with Crippen molar-refractivity contribution in [1.29, 1.82) is 0 Å². The maximum atomic E-state index is 13.6. The van der Waals surface area contributed by atoms with E-state index in [1.165, 1.54) is 6.07 Å². The average Bonchev–Trinajstić information content (AvgIpc) is 2.68. The lowest BCUT2D eigenvalue weighted by Gasteiger charge is -2.16. The molecule has 140 valence electrons. The van der Waals surface area contributed by atoms with E-state index in [0.717, 1.165) is 5.56 Å². The first kappa shape index (κ1) is 19.3. The molecule has 0 saturated heterocycles. The van der Waals surface area contributed by atoms with Crippen molar-refractivity contribution in [1.82, 2.24) is 15.6 Å². The standard InChI is InChI=1S/C18H23FN4O3/c1-20-18(23-11-14-13(19)6-5-7-21-14)22-10-12-8-15(24-2)17(26-4)16(9-12)25-3/h5-9H,10-11H2,1-4H3,(H2,20,22,23). The predicted molar refractivity (Wildman–Crippen MR) is 97.3 cm³/mol. The van der Waals surface area contributed by atoms with Gasteiger partial charge in [-0.05, 0) is 29.8 Å². The van der Waals surface area contributed by atoms with Crippen LogP contribution in [0.4, 0.5) is 4.39 Å². The van der Waals surface area contributed by atoms with E-state index < -0.39 is 0 Å². The summed E-state index contributed by atoms with van der Waals surface area (Å²) in [4.78, 5) is 8.12. The van der Waals surface area contributed by atoms with E-state index in [-0.39, 0.29) is 12.4 Å². The van der Waals surface area contributed by atoms with Crippen molar-refractivity contribution in [2.45, 2.75) is 13.1 Å². The van der Waals surface area contributed by atoms with Crippen LogP contribution in [0, 0.1) is 5.82 Å². The van der Waals surface area contributed by atoms with Gasteiger partial charge in [0.05, 0.1) is 33.6 Å². The van der Waals surface area contributed by atoms with Crippen LogP contribution < -0.4 is 24.8 Å². The number of hydrogen-bond donors (Lipinski definition) is 2. The van der Waals surface area contributed by atoms with E-state index in [2.05, 4.69) is 20.6 Å². The van der Waals surface area contributed by atoms with E-state index in [0.29, 0.717) is 35.4 Å². The largest absolute Gasteiger partial charge is 0.493 e. The van der Waals surface area contributed by atoms with Gasteiger partial charge in [-0.1, -0.05) is 0 Å². The summed E-state index contributed by atoms with van der Waals surface area (Å²) >= 11 is 0. The first-order chi connectivity index (χ1) is 12.6. The molecule has 0 saturated carbocycles. The molecular formula is C18H23FN4O3. The van der Waals surface area contributed by atoms with Crippen LogP contribution >= 0.6 is 0 Å². The van der Waals surface area contributed by atoms with Crippen LogP contribution in [0.2, 0.25) is 0 Å². The Kier molecular flexibility index (Phi) is 7.02. The smallest absolute Gasteiger partial charge is 0.203 e. The van der Waals surface area contributed by atoms with Gasteiger partial charge in [-0.3, -0.25) is 9.98 Å². The molecule has 26 heavy (non-hydrogen) atoms. The molecule has 7 nitrogen and oxygen atoms in total. The zero-order valence-corrected chi connectivity index (χ0v) is 15.3. The summed E-state index contributed by atoms with van der Waals surface area (Å²) in [6, 6.07) is 6.62. The highest BCUT2D eigenvalue weighted by Crippen LogP contribution is 2.38. The van der Waals surface area contributed by atoms with Crippen molar-refractivity contribution < 1.29 is 18.6 Å². The Morgan fingerprint density at radius 2 is 1.73 bits per heavy atom. The fourth-order valence-corrected chi connectivity index (χ4v) is 2.36. The van der Waals surface area contributed by atoms with Crippen LogP contribution in [-0.2, 0) is 13.1 Å². The van der Waals surface area contributed by atoms with E-state index >= 15 is 0 Å². The third-order valence-electron chi connectivity index (χ3n) is 3.67. The summed E-state index contributed by atoms with van der Waals surface area (Å²) in [6.45, 7) is 0.683. The van der Waals surface area contributed by atoms with Crippen molar-refractivity contribution >= 4 is 5.96 Å². The molecule has 2 aromatic rings. The minimum absolute atomic E-state index is 0.224. The molecule has 8 heteroatoms. The minimum atomic E-state index is -0.361. The van der Waals surface area contributed by atoms with Crippen LogP contribution in [0.15, 0.2) is 35.5 Å². The van der Waals surface area contributed by atoms with E-state index in [4.69, 9.17) is 14.2 Å². The van der Waals surface area contributed by atoms with Gasteiger partial charge in [-0.25, -0.2) is 4.39 Å².